The van der Waals surface area contributed by atoms with Crippen LogP contribution in [0.3, 0.4) is 0 Å². The second-order valence-corrected chi connectivity index (χ2v) is 13.8. The maximum atomic E-state index is 13.4. The van der Waals surface area contributed by atoms with Gasteiger partial charge in [0, 0.05) is 11.1 Å². The van der Waals surface area contributed by atoms with Crippen molar-refractivity contribution in [2.45, 2.75) is 107 Å². The van der Waals surface area contributed by atoms with E-state index in [2.05, 4.69) is 69.2 Å². The molecule has 3 nitrogen and oxygen atoms in total. The van der Waals surface area contributed by atoms with E-state index in [1.165, 1.54) is 0 Å². The van der Waals surface area contributed by atoms with Crippen LogP contribution in [-0.2, 0) is 10.8 Å². The van der Waals surface area contributed by atoms with Gasteiger partial charge in [0.05, 0.1) is 5.56 Å². The lowest BCUT2D eigenvalue weighted by molar-refractivity contribution is 0.0733. The van der Waals surface area contributed by atoms with E-state index in [1.807, 2.05) is 44.2 Å². The molecule has 1 N–H and O–H groups in total. The van der Waals surface area contributed by atoms with Crippen molar-refractivity contribution >= 4 is 5.97 Å². The lowest BCUT2D eigenvalue weighted by atomic mass is 9.68. The van der Waals surface area contributed by atoms with Crippen LogP contribution in [0.25, 0.3) is 0 Å². The van der Waals surface area contributed by atoms with E-state index in [9.17, 15) is 9.90 Å². The maximum absolute atomic E-state index is 13.4. The Kier molecular flexibility index (Phi) is 7.72. The van der Waals surface area contributed by atoms with Crippen molar-refractivity contribution < 1.29 is 14.6 Å². The zero-order valence-electron chi connectivity index (χ0n) is 23.6. The van der Waals surface area contributed by atoms with Crippen molar-refractivity contribution in [2.24, 2.45) is 10.8 Å². The molecule has 2 rings (SSSR count). The van der Waals surface area contributed by atoms with Crippen LogP contribution in [0.1, 0.15) is 115 Å². The SMILES string of the molecule is Cc1ccc(OC(=O)c2cc(C(C)(C)CC(C)(C)C)c(O)c(C(C)(C)CC(C)(C)C)c2)c(C)c1. The number of phenolic OH excluding ortho intramolecular Hbond substituents is 1. The van der Waals surface area contributed by atoms with E-state index in [0.29, 0.717) is 17.1 Å². The largest absolute Gasteiger partial charge is 0.507 e. The van der Waals surface area contributed by atoms with Crippen molar-refractivity contribution in [1.82, 2.24) is 0 Å². The molecule has 0 fully saturated rings. The highest BCUT2D eigenvalue weighted by atomic mass is 16.5. The van der Waals surface area contributed by atoms with Gasteiger partial charge in [-0.05, 0) is 72.1 Å². The van der Waals surface area contributed by atoms with Crippen LogP contribution < -0.4 is 4.74 Å². The third-order valence-electron chi connectivity index (χ3n) is 6.28. The summed E-state index contributed by atoms with van der Waals surface area (Å²) in [6.45, 7) is 25.8. The summed E-state index contributed by atoms with van der Waals surface area (Å²) in [4.78, 5) is 13.4. The average molecular weight is 467 g/mol. The van der Waals surface area contributed by atoms with Crippen molar-refractivity contribution in [1.29, 1.82) is 0 Å². The number of carbonyl (C=O) groups excluding carboxylic acids is 1. The van der Waals surface area contributed by atoms with Gasteiger partial charge in [-0.25, -0.2) is 4.79 Å². The van der Waals surface area contributed by atoms with E-state index in [1.54, 1.807) is 0 Å². The molecule has 0 atom stereocenters. The Balaban J connectivity index is 2.67. The highest BCUT2D eigenvalue weighted by Gasteiger charge is 2.36. The Morgan fingerprint density at radius 2 is 1.21 bits per heavy atom. The first-order chi connectivity index (χ1) is 15.2. The number of esters is 1. The lowest BCUT2D eigenvalue weighted by Crippen LogP contribution is -2.29. The van der Waals surface area contributed by atoms with Gasteiger partial charge in [0.2, 0.25) is 0 Å². The van der Waals surface area contributed by atoms with Crippen LogP contribution in [0.4, 0.5) is 0 Å². The van der Waals surface area contributed by atoms with Gasteiger partial charge in [0.25, 0.3) is 0 Å². The Morgan fingerprint density at radius 3 is 1.59 bits per heavy atom. The van der Waals surface area contributed by atoms with Gasteiger partial charge in [-0.1, -0.05) is 86.9 Å². The predicted octanol–water partition coefficient (Wildman–Crippen LogP) is 8.66. The third-order valence-corrected chi connectivity index (χ3v) is 6.28. The summed E-state index contributed by atoms with van der Waals surface area (Å²) in [5, 5.41) is 11.6. The van der Waals surface area contributed by atoms with Gasteiger partial charge < -0.3 is 9.84 Å². The molecule has 2 aromatic carbocycles. The second-order valence-electron chi connectivity index (χ2n) is 13.8. The molecule has 0 aliphatic heterocycles. The van der Waals surface area contributed by atoms with Gasteiger partial charge in [0.15, 0.2) is 0 Å². The van der Waals surface area contributed by atoms with E-state index < -0.39 is 5.97 Å². The van der Waals surface area contributed by atoms with Gasteiger partial charge in [-0.2, -0.15) is 0 Å². The molecule has 0 unspecified atom stereocenters. The minimum absolute atomic E-state index is 0.0621. The van der Waals surface area contributed by atoms with Crippen LogP contribution in [-0.4, -0.2) is 11.1 Å². The zero-order chi connectivity index (χ0) is 26.3. The number of hydrogen-bond donors (Lipinski definition) is 1. The van der Waals surface area contributed by atoms with E-state index in [4.69, 9.17) is 4.74 Å². The molecule has 0 bridgehead atoms. The number of benzene rings is 2. The molecule has 0 amide bonds. The average Bonchev–Trinajstić information content (AvgIpc) is 2.59. The molecule has 0 aliphatic rings. The molecule has 0 saturated carbocycles. The fraction of sp³-hybridized carbons (Fsp3) is 0.581. The number of carbonyl (C=O) groups is 1. The third kappa shape index (κ3) is 7.10. The predicted molar refractivity (Wildman–Crippen MR) is 143 cm³/mol. The summed E-state index contributed by atoms with van der Waals surface area (Å²) in [5.41, 5.74) is 3.60. The zero-order valence-corrected chi connectivity index (χ0v) is 23.6. The molecule has 3 heteroatoms. The maximum Gasteiger partial charge on any atom is 0.343 e. The molecule has 2 aromatic rings. The Hall–Kier alpha value is -2.29. The van der Waals surface area contributed by atoms with Crippen LogP contribution in [0, 0.1) is 24.7 Å². The fourth-order valence-electron chi connectivity index (χ4n) is 5.70. The summed E-state index contributed by atoms with van der Waals surface area (Å²) in [6, 6.07) is 9.47. The highest BCUT2D eigenvalue weighted by Crippen LogP contribution is 2.47. The topological polar surface area (TPSA) is 46.5 Å². The molecular formula is C31H46O3. The molecule has 188 valence electrons. The fourth-order valence-corrected chi connectivity index (χ4v) is 5.70. The van der Waals surface area contributed by atoms with E-state index >= 15 is 0 Å². The Bertz CT molecular complexity index is 994. The van der Waals surface area contributed by atoms with Crippen molar-refractivity contribution in [3.8, 4) is 11.5 Å². The van der Waals surface area contributed by atoms with Gasteiger partial charge in [-0.15, -0.1) is 0 Å². The van der Waals surface area contributed by atoms with Crippen LogP contribution >= 0.6 is 0 Å². The number of aromatic hydroxyl groups is 1. The molecule has 0 aliphatic carbocycles. The summed E-state index contributed by atoms with van der Waals surface area (Å²) in [5.74, 6) is 0.466. The van der Waals surface area contributed by atoms with Crippen molar-refractivity contribution in [2.75, 3.05) is 0 Å². The molecule has 0 saturated heterocycles. The Labute approximate surface area is 207 Å². The smallest absolute Gasteiger partial charge is 0.343 e. The van der Waals surface area contributed by atoms with Gasteiger partial charge in [-0.3, -0.25) is 0 Å². The molecule has 0 aromatic heterocycles. The number of ether oxygens (including phenoxy) is 1. The van der Waals surface area contributed by atoms with Gasteiger partial charge >= 0.3 is 5.97 Å². The summed E-state index contributed by atoms with van der Waals surface area (Å²) >= 11 is 0. The van der Waals surface area contributed by atoms with E-state index in [0.717, 1.165) is 35.1 Å². The number of aryl methyl sites for hydroxylation is 2. The van der Waals surface area contributed by atoms with Crippen LogP contribution in [0.5, 0.6) is 11.5 Å². The van der Waals surface area contributed by atoms with Crippen LogP contribution in [0.15, 0.2) is 30.3 Å². The highest BCUT2D eigenvalue weighted by molar-refractivity contribution is 5.92. The van der Waals surface area contributed by atoms with Crippen LogP contribution in [0.2, 0.25) is 0 Å². The quantitative estimate of drug-likeness (QED) is 0.342. The Morgan fingerprint density at radius 1 is 0.765 bits per heavy atom. The summed E-state index contributed by atoms with van der Waals surface area (Å²) < 4.78 is 5.84. The standard InChI is InChI=1S/C31H46O3/c1-20-13-14-25(21(2)15-20)34-27(33)22-16-23(30(9,10)18-28(3,4)5)26(32)24(17-22)31(11,12)19-29(6,7)8/h13-17,32H,18-19H2,1-12H3. The van der Waals surface area contributed by atoms with Crippen molar-refractivity contribution in [3.05, 3.63) is 58.1 Å². The summed E-state index contributed by atoms with van der Waals surface area (Å²) in [7, 11) is 0. The first-order valence-electron chi connectivity index (χ1n) is 12.4. The first-order valence-corrected chi connectivity index (χ1v) is 12.4. The minimum atomic E-state index is -0.396. The van der Waals surface area contributed by atoms with Crippen molar-refractivity contribution in [3.63, 3.8) is 0 Å². The second kappa shape index (κ2) is 9.40. The monoisotopic (exact) mass is 466 g/mol. The normalized spacial score (nSPS) is 13.2. The van der Waals surface area contributed by atoms with E-state index in [-0.39, 0.29) is 21.7 Å². The minimum Gasteiger partial charge on any atom is -0.507 e. The molecule has 0 heterocycles. The number of phenols is 1. The summed E-state index contributed by atoms with van der Waals surface area (Å²) in [6.07, 6.45) is 1.73. The first kappa shape index (κ1) is 28.0. The molecular weight excluding hydrogens is 420 g/mol. The molecule has 0 spiro atoms. The molecule has 34 heavy (non-hydrogen) atoms. The lowest BCUT2D eigenvalue weighted by Gasteiger charge is -2.37. The number of rotatable bonds is 6. The molecule has 0 radical (unpaired) electrons. The van der Waals surface area contributed by atoms with Gasteiger partial charge in [0.1, 0.15) is 11.5 Å². The number of hydrogen-bond acceptors (Lipinski definition) is 3.